The summed E-state index contributed by atoms with van der Waals surface area (Å²) in [5.74, 6) is 2.09. The van der Waals surface area contributed by atoms with Gasteiger partial charge in [-0.3, -0.25) is 4.79 Å². The molecule has 2 fully saturated rings. The van der Waals surface area contributed by atoms with Crippen LogP contribution in [0, 0.1) is 0 Å². The van der Waals surface area contributed by atoms with E-state index in [4.69, 9.17) is 28.4 Å². The summed E-state index contributed by atoms with van der Waals surface area (Å²) in [6.07, 6.45) is 4.99. The van der Waals surface area contributed by atoms with Crippen LogP contribution in [0.5, 0.6) is 23.0 Å². The van der Waals surface area contributed by atoms with E-state index in [0.29, 0.717) is 23.7 Å². The van der Waals surface area contributed by atoms with E-state index in [0.717, 1.165) is 67.8 Å². The van der Waals surface area contributed by atoms with Gasteiger partial charge in [-0.1, -0.05) is 24.3 Å². The number of carbonyl (C=O) groups is 1. The highest BCUT2D eigenvalue weighted by molar-refractivity contribution is 6.05. The van der Waals surface area contributed by atoms with Crippen LogP contribution in [0.4, 0.5) is 0 Å². The van der Waals surface area contributed by atoms with E-state index >= 15 is 0 Å². The number of benzene rings is 3. The van der Waals surface area contributed by atoms with E-state index in [1.807, 2.05) is 54.6 Å². The molecular formula is C32H34O7. The first-order chi connectivity index (χ1) is 19.2. The van der Waals surface area contributed by atoms with Gasteiger partial charge in [-0.15, -0.1) is 0 Å². The minimum absolute atomic E-state index is 0.00168. The molecule has 3 aliphatic heterocycles. The Morgan fingerprint density at radius 3 is 1.90 bits per heavy atom. The number of methoxy groups -OCH3 is 1. The molecular weight excluding hydrogens is 496 g/mol. The first kappa shape index (κ1) is 25.7. The second kappa shape index (κ2) is 11.7. The highest BCUT2D eigenvalue weighted by atomic mass is 16.7. The second-order valence-corrected chi connectivity index (χ2v) is 10.2. The molecule has 0 amide bonds. The lowest BCUT2D eigenvalue weighted by molar-refractivity contribution is -0.106. The molecule has 0 bridgehead atoms. The molecule has 3 aliphatic rings. The van der Waals surface area contributed by atoms with Gasteiger partial charge in [0.1, 0.15) is 29.1 Å². The summed E-state index contributed by atoms with van der Waals surface area (Å²) in [5.41, 5.74) is 2.29. The van der Waals surface area contributed by atoms with Gasteiger partial charge in [-0.05, 0) is 73.2 Å². The fraction of sp³-hybridized carbons (Fsp3) is 0.406. The molecule has 2 saturated heterocycles. The Morgan fingerprint density at radius 1 is 0.692 bits per heavy atom. The molecule has 39 heavy (non-hydrogen) atoms. The number of ether oxygens (including phenoxy) is 6. The molecule has 0 aliphatic carbocycles. The summed E-state index contributed by atoms with van der Waals surface area (Å²) in [5, 5.41) is 0. The van der Waals surface area contributed by atoms with E-state index in [1.165, 1.54) is 0 Å². The van der Waals surface area contributed by atoms with Gasteiger partial charge < -0.3 is 28.4 Å². The van der Waals surface area contributed by atoms with Crippen molar-refractivity contribution in [2.24, 2.45) is 0 Å². The molecule has 6 rings (SSSR count). The van der Waals surface area contributed by atoms with Gasteiger partial charge in [0.2, 0.25) is 0 Å². The van der Waals surface area contributed by atoms with Crippen molar-refractivity contribution in [3.05, 3.63) is 83.4 Å². The van der Waals surface area contributed by atoms with Gasteiger partial charge in [0.05, 0.1) is 31.8 Å². The zero-order chi connectivity index (χ0) is 26.6. The molecule has 204 valence electrons. The Hall–Kier alpha value is -3.55. The van der Waals surface area contributed by atoms with E-state index < -0.39 is 12.0 Å². The van der Waals surface area contributed by atoms with Gasteiger partial charge >= 0.3 is 0 Å². The maximum Gasteiger partial charge on any atom is 0.199 e. The quantitative estimate of drug-likeness (QED) is 0.340. The van der Waals surface area contributed by atoms with Crippen LogP contribution in [0.2, 0.25) is 0 Å². The van der Waals surface area contributed by atoms with Crippen LogP contribution in [0.15, 0.2) is 66.7 Å². The minimum atomic E-state index is -0.528. The van der Waals surface area contributed by atoms with Crippen molar-refractivity contribution in [3.8, 4) is 23.0 Å². The number of Topliss-reactive ketones (excluding diaryl/α,β-unsaturated/α-hetero) is 1. The molecule has 2 unspecified atom stereocenters. The monoisotopic (exact) mass is 530 g/mol. The van der Waals surface area contributed by atoms with Gasteiger partial charge in [-0.25, -0.2) is 0 Å². The summed E-state index contributed by atoms with van der Waals surface area (Å²) in [7, 11) is 1.63. The Kier molecular flexibility index (Phi) is 7.70. The van der Waals surface area contributed by atoms with Gasteiger partial charge in [0, 0.05) is 18.9 Å². The Balaban J connectivity index is 1.29. The molecule has 0 N–H and O–H groups in total. The lowest BCUT2D eigenvalue weighted by Gasteiger charge is -2.34. The van der Waals surface area contributed by atoms with E-state index in [-0.39, 0.29) is 18.4 Å². The van der Waals surface area contributed by atoms with E-state index in [2.05, 4.69) is 0 Å². The fourth-order valence-corrected chi connectivity index (χ4v) is 5.43. The van der Waals surface area contributed by atoms with Crippen LogP contribution in [0.25, 0.3) is 0 Å². The highest BCUT2D eigenvalue weighted by Gasteiger charge is 2.39. The number of hydrogen-bond acceptors (Lipinski definition) is 7. The number of ketones is 1. The first-order valence-corrected chi connectivity index (χ1v) is 13.8. The maximum absolute atomic E-state index is 14.0. The van der Waals surface area contributed by atoms with Crippen LogP contribution >= 0.6 is 0 Å². The van der Waals surface area contributed by atoms with Crippen LogP contribution in [0.3, 0.4) is 0 Å². The molecule has 4 atom stereocenters. The molecule has 0 aromatic heterocycles. The van der Waals surface area contributed by atoms with Crippen LogP contribution < -0.4 is 18.9 Å². The van der Waals surface area contributed by atoms with Crippen molar-refractivity contribution in [3.63, 3.8) is 0 Å². The third-order valence-electron chi connectivity index (χ3n) is 7.55. The van der Waals surface area contributed by atoms with E-state index in [9.17, 15) is 4.79 Å². The molecule has 3 heterocycles. The lowest BCUT2D eigenvalue weighted by atomic mass is 9.81. The Bertz CT molecular complexity index is 1260. The predicted octanol–water partition coefficient (Wildman–Crippen LogP) is 6.61. The fourth-order valence-electron chi connectivity index (χ4n) is 5.43. The average Bonchev–Trinajstić information content (AvgIpc) is 2.99. The average molecular weight is 531 g/mol. The standard InChI is InChI=1S/C32H34O7/c1-34-23-12-10-22(11-13-23)32-30(21-8-14-24(15-9-21)37-28-6-2-4-18-35-28)31(33)26-17-16-25(20-27(26)39-32)38-29-7-3-5-19-36-29/h8-17,20,28-30,32H,2-7,18-19H2,1H3/t28?,29?,30-,32+/m0/s1. The van der Waals surface area contributed by atoms with Gasteiger partial charge in [0.25, 0.3) is 0 Å². The molecule has 0 radical (unpaired) electrons. The summed E-state index contributed by atoms with van der Waals surface area (Å²) >= 11 is 0. The van der Waals surface area contributed by atoms with Crippen molar-refractivity contribution in [2.45, 2.75) is 63.1 Å². The summed E-state index contributed by atoms with van der Waals surface area (Å²) in [6.45, 7) is 1.42. The van der Waals surface area contributed by atoms with Crippen molar-refractivity contribution in [2.75, 3.05) is 20.3 Å². The molecule has 0 saturated carbocycles. The lowest BCUT2D eigenvalue weighted by Crippen LogP contribution is -2.30. The SMILES string of the molecule is COc1ccc([C@H]2Oc3cc(OC4CCCCO4)ccc3C(=O)[C@@H]2c2ccc(OC3CCCCO3)cc2)cc1. The Labute approximate surface area is 228 Å². The van der Waals surface area contributed by atoms with Crippen LogP contribution in [0.1, 0.15) is 72.0 Å². The van der Waals surface area contributed by atoms with Crippen LogP contribution in [-0.4, -0.2) is 38.7 Å². The molecule has 7 heteroatoms. The normalized spacial score (nSPS) is 24.8. The topological polar surface area (TPSA) is 72.5 Å². The summed E-state index contributed by atoms with van der Waals surface area (Å²) < 4.78 is 35.4. The highest BCUT2D eigenvalue weighted by Crippen LogP contribution is 2.45. The minimum Gasteiger partial charge on any atom is -0.497 e. The molecule has 0 spiro atoms. The molecule has 3 aromatic carbocycles. The molecule has 3 aromatic rings. The zero-order valence-corrected chi connectivity index (χ0v) is 22.2. The predicted molar refractivity (Wildman–Crippen MR) is 145 cm³/mol. The number of rotatable bonds is 7. The zero-order valence-electron chi connectivity index (χ0n) is 22.2. The number of carbonyl (C=O) groups excluding carboxylic acids is 1. The number of hydrogen-bond donors (Lipinski definition) is 0. The number of fused-ring (bicyclic) bond motifs is 1. The third kappa shape index (κ3) is 5.75. The first-order valence-electron chi connectivity index (χ1n) is 13.8. The van der Waals surface area contributed by atoms with Crippen molar-refractivity contribution in [1.82, 2.24) is 0 Å². The van der Waals surface area contributed by atoms with Gasteiger partial charge in [0.15, 0.2) is 18.4 Å². The second-order valence-electron chi connectivity index (χ2n) is 10.2. The largest absolute Gasteiger partial charge is 0.497 e. The van der Waals surface area contributed by atoms with Crippen LogP contribution in [-0.2, 0) is 9.47 Å². The smallest absolute Gasteiger partial charge is 0.199 e. The summed E-state index contributed by atoms with van der Waals surface area (Å²) in [4.78, 5) is 14.0. The van der Waals surface area contributed by atoms with Gasteiger partial charge in [-0.2, -0.15) is 0 Å². The Morgan fingerprint density at radius 2 is 1.28 bits per heavy atom. The third-order valence-corrected chi connectivity index (χ3v) is 7.55. The van der Waals surface area contributed by atoms with Crippen molar-refractivity contribution < 1.29 is 33.2 Å². The van der Waals surface area contributed by atoms with E-state index in [1.54, 1.807) is 19.2 Å². The van der Waals surface area contributed by atoms with Crippen molar-refractivity contribution >= 4 is 5.78 Å². The van der Waals surface area contributed by atoms with Crippen molar-refractivity contribution in [1.29, 1.82) is 0 Å². The molecule has 7 nitrogen and oxygen atoms in total. The summed E-state index contributed by atoms with van der Waals surface area (Å²) in [6, 6.07) is 20.8. The maximum atomic E-state index is 14.0.